The van der Waals surface area contributed by atoms with Gasteiger partial charge >= 0.3 is 11.9 Å². The maximum atomic E-state index is 12.7. The predicted octanol–water partition coefficient (Wildman–Crippen LogP) is 6.44. The molecule has 0 radical (unpaired) electrons. The highest BCUT2D eigenvalue weighted by Gasteiger charge is 2.46. The molecular weight excluding hydrogens is 692 g/mol. The summed E-state index contributed by atoms with van der Waals surface area (Å²) in [7, 11) is -4.60. The number of ether oxygens (including phenoxy) is 4. The van der Waals surface area contributed by atoms with Crippen LogP contribution in [0.5, 0.6) is 0 Å². The molecule has 1 heterocycles. The first-order chi connectivity index (χ1) is 25.0. The zero-order valence-corrected chi connectivity index (χ0v) is 32.2. The summed E-state index contributed by atoms with van der Waals surface area (Å²) in [5.74, 6) is -2.04. The number of rotatable bonds is 30. The summed E-state index contributed by atoms with van der Waals surface area (Å²) in [5.41, 5.74) is 0. The fourth-order valence-electron chi connectivity index (χ4n) is 5.51. The highest BCUT2D eigenvalue weighted by molar-refractivity contribution is 7.85. The Balaban J connectivity index is 2.57. The van der Waals surface area contributed by atoms with Gasteiger partial charge in [0.15, 0.2) is 12.4 Å². The Bertz CT molecular complexity index is 1170. The molecule has 1 saturated heterocycles. The van der Waals surface area contributed by atoms with Gasteiger partial charge < -0.3 is 34.3 Å². The zero-order valence-electron chi connectivity index (χ0n) is 31.4. The molecular formula is C39H66O12S. The van der Waals surface area contributed by atoms with Crippen molar-refractivity contribution in [2.45, 2.75) is 166 Å². The van der Waals surface area contributed by atoms with Gasteiger partial charge in [0.25, 0.3) is 10.1 Å². The molecule has 6 atom stereocenters. The zero-order chi connectivity index (χ0) is 38.5. The minimum Gasteiger partial charge on any atom is -0.462 e. The molecule has 52 heavy (non-hydrogen) atoms. The molecule has 0 saturated carbocycles. The number of unbranched alkanes of at least 4 members (excludes halogenated alkanes) is 13. The number of aliphatic hydroxyl groups excluding tert-OH is 3. The largest absolute Gasteiger partial charge is 0.462 e. The molecule has 1 aliphatic heterocycles. The second-order valence-electron chi connectivity index (χ2n) is 13.3. The normalized spacial score (nSPS) is 21.8. The van der Waals surface area contributed by atoms with Crippen LogP contribution in [0, 0.1) is 0 Å². The van der Waals surface area contributed by atoms with Gasteiger partial charge in [0.2, 0.25) is 0 Å². The molecule has 1 fully saturated rings. The second kappa shape index (κ2) is 30.0. The number of hydrogen-bond donors (Lipinski definition) is 4. The van der Waals surface area contributed by atoms with Gasteiger partial charge in [0.1, 0.15) is 36.8 Å². The van der Waals surface area contributed by atoms with Crippen molar-refractivity contribution >= 4 is 22.1 Å². The highest BCUT2D eigenvalue weighted by atomic mass is 32.2. The van der Waals surface area contributed by atoms with E-state index in [2.05, 4.69) is 26.0 Å². The van der Waals surface area contributed by atoms with E-state index in [-0.39, 0.29) is 19.4 Å². The van der Waals surface area contributed by atoms with E-state index in [9.17, 15) is 37.9 Å². The van der Waals surface area contributed by atoms with Crippen LogP contribution < -0.4 is 0 Å². The van der Waals surface area contributed by atoms with Crippen LogP contribution in [0.1, 0.15) is 129 Å². The van der Waals surface area contributed by atoms with Crippen LogP contribution >= 0.6 is 0 Å². The summed E-state index contributed by atoms with van der Waals surface area (Å²) in [6.45, 7) is 3.54. The van der Waals surface area contributed by atoms with Gasteiger partial charge in [-0.1, -0.05) is 133 Å². The van der Waals surface area contributed by atoms with Crippen molar-refractivity contribution in [2.24, 2.45) is 0 Å². The highest BCUT2D eigenvalue weighted by Crippen LogP contribution is 2.24. The van der Waals surface area contributed by atoms with Gasteiger partial charge in [-0.05, 0) is 32.1 Å². The van der Waals surface area contributed by atoms with E-state index in [0.717, 1.165) is 44.9 Å². The smallest absolute Gasteiger partial charge is 0.306 e. The van der Waals surface area contributed by atoms with Crippen LogP contribution in [0.2, 0.25) is 0 Å². The number of carbonyl (C=O) groups is 2. The lowest BCUT2D eigenvalue weighted by Gasteiger charge is -2.40. The molecule has 4 N–H and O–H groups in total. The first kappa shape index (κ1) is 47.6. The minimum absolute atomic E-state index is 0.118. The molecule has 300 valence electrons. The minimum atomic E-state index is -4.60. The van der Waals surface area contributed by atoms with E-state index in [1.807, 2.05) is 36.5 Å². The Kier molecular flexibility index (Phi) is 27.5. The Morgan fingerprint density at radius 2 is 1.21 bits per heavy atom. The summed E-state index contributed by atoms with van der Waals surface area (Å²) in [6, 6.07) is 0. The Morgan fingerprint density at radius 3 is 1.81 bits per heavy atom. The fraction of sp³-hybridized carbons (Fsp3) is 0.744. The summed E-state index contributed by atoms with van der Waals surface area (Å²) < 4.78 is 53.7. The standard InChI is InChI=1S/C39H66O12S/c1-3-5-7-9-11-13-15-16-18-20-22-24-26-28-35(41)50-32(29-48-34(40)27-25-23-21-19-17-14-12-10-8-6-4-2)30-49-39-38(44)37(43)36(42)33(51-39)31-52(45,46)47/h5,7,9,11,13,15-16,18,32-33,36-39,42-44H,3-4,6,8,10,12,14,17,19-31H2,1-2H3,(H,45,46,47)/b7-5+,11-9+,15-13+,18-16+/t32?,33-,36-,37?,38?,39+/m1/s1. The Hall–Kier alpha value is -2.39. The third-order valence-electron chi connectivity index (χ3n) is 8.52. The number of allylic oxidation sites excluding steroid dienone is 8. The van der Waals surface area contributed by atoms with E-state index in [1.165, 1.54) is 44.9 Å². The molecule has 0 aromatic carbocycles. The number of aliphatic hydroxyl groups is 3. The van der Waals surface area contributed by atoms with E-state index >= 15 is 0 Å². The first-order valence-corrected chi connectivity index (χ1v) is 20.9. The van der Waals surface area contributed by atoms with Crippen molar-refractivity contribution in [2.75, 3.05) is 19.0 Å². The summed E-state index contributed by atoms with van der Waals surface area (Å²) in [5, 5.41) is 30.7. The van der Waals surface area contributed by atoms with Crippen LogP contribution in [0.4, 0.5) is 0 Å². The van der Waals surface area contributed by atoms with Crippen LogP contribution in [-0.4, -0.2) is 96.0 Å². The van der Waals surface area contributed by atoms with Crippen molar-refractivity contribution in [3.05, 3.63) is 48.6 Å². The van der Waals surface area contributed by atoms with Gasteiger partial charge in [0.05, 0.1) is 6.61 Å². The van der Waals surface area contributed by atoms with Crippen LogP contribution in [0.15, 0.2) is 48.6 Å². The summed E-state index contributed by atoms with van der Waals surface area (Å²) >= 11 is 0. The summed E-state index contributed by atoms with van der Waals surface area (Å²) in [6.07, 6.45) is 23.2. The van der Waals surface area contributed by atoms with Crippen molar-refractivity contribution < 1.29 is 56.8 Å². The molecule has 13 heteroatoms. The van der Waals surface area contributed by atoms with Gasteiger partial charge in [-0.25, -0.2) is 0 Å². The fourth-order valence-corrected chi connectivity index (χ4v) is 6.20. The van der Waals surface area contributed by atoms with Gasteiger partial charge in [-0.15, -0.1) is 0 Å². The molecule has 0 aromatic rings. The number of esters is 2. The quantitative estimate of drug-likeness (QED) is 0.0272. The van der Waals surface area contributed by atoms with Crippen molar-refractivity contribution in [1.29, 1.82) is 0 Å². The van der Waals surface area contributed by atoms with Crippen LogP contribution in [0.3, 0.4) is 0 Å². The SMILES string of the molecule is CC/C=C/C=C/C=C/C=C/CCCCCC(=O)OC(COC(=O)CCCCCCCCCCCCC)CO[C@H]1O[C@H](CS(=O)(=O)O)[C@@H](O)C(O)C1O. The summed E-state index contributed by atoms with van der Waals surface area (Å²) in [4.78, 5) is 25.2. The molecule has 0 bridgehead atoms. The van der Waals surface area contributed by atoms with Gasteiger partial charge in [-0.2, -0.15) is 8.42 Å². The Morgan fingerprint density at radius 1 is 0.673 bits per heavy atom. The average Bonchev–Trinajstić information content (AvgIpc) is 3.10. The maximum absolute atomic E-state index is 12.7. The van der Waals surface area contributed by atoms with Gasteiger partial charge in [0, 0.05) is 12.8 Å². The van der Waals surface area contributed by atoms with E-state index in [0.29, 0.717) is 12.8 Å². The first-order valence-electron chi connectivity index (χ1n) is 19.2. The molecule has 0 aliphatic carbocycles. The van der Waals surface area contributed by atoms with Crippen LogP contribution in [0.25, 0.3) is 0 Å². The third-order valence-corrected chi connectivity index (χ3v) is 9.27. The van der Waals surface area contributed by atoms with E-state index < -0.39 is 71.2 Å². The Labute approximate surface area is 312 Å². The molecule has 0 amide bonds. The lowest BCUT2D eigenvalue weighted by molar-refractivity contribution is -0.297. The monoisotopic (exact) mass is 758 g/mol. The molecule has 12 nitrogen and oxygen atoms in total. The van der Waals surface area contributed by atoms with Gasteiger partial charge in [-0.3, -0.25) is 14.1 Å². The van der Waals surface area contributed by atoms with E-state index in [4.69, 9.17) is 18.9 Å². The van der Waals surface area contributed by atoms with Crippen molar-refractivity contribution in [3.8, 4) is 0 Å². The lowest BCUT2D eigenvalue weighted by atomic mass is 10.00. The second-order valence-corrected chi connectivity index (χ2v) is 14.8. The topological polar surface area (TPSA) is 186 Å². The molecule has 0 aromatic heterocycles. The number of hydrogen-bond acceptors (Lipinski definition) is 11. The van der Waals surface area contributed by atoms with Crippen LogP contribution in [-0.2, 0) is 38.7 Å². The molecule has 0 spiro atoms. The van der Waals surface area contributed by atoms with Crippen molar-refractivity contribution in [1.82, 2.24) is 0 Å². The maximum Gasteiger partial charge on any atom is 0.306 e. The van der Waals surface area contributed by atoms with E-state index in [1.54, 1.807) is 0 Å². The molecule has 1 aliphatic rings. The predicted molar refractivity (Wildman–Crippen MR) is 201 cm³/mol. The molecule has 1 rings (SSSR count). The van der Waals surface area contributed by atoms with Crippen molar-refractivity contribution in [3.63, 3.8) is 0 Å². The number of carbonyl (C=O) groups excluding carboxylic acids is 2. The lowest BCUT2D eigenvalue weighted by Crippen LogP contribution is -2.60. The molecule has 3 unspecified atom stereocenters. The third kappa shape index (κ3) is 24.8. The average molecular weight is 759 g/mol.